The van der Waals surface area contributed by atoms with Crippen LogP contribution in [0.3, 0.4) is 0 Å². The first-order chi connectivity index (χ1) is 6.58. The van der Waals surface area contributed by atoms with Gasteiger partial charge in [0, 0.05) is 18.9 Å². The summed E-state index contributed by atoms with van der Waals surface area (Å²) < 4.78 is 5.34. The van der Waals surface area contributed by atoms with Gasteiger partial charge < -0.3 is 9.53 Å². The van der Waals surface area contributed by atoms with Crippen LogP contribution in [0.4, 0.5) is 0 Å². The highest BCUT2D eigenvalue weighted by Crippen LogP contribution is 2.74. The second-order valence-corrected chi connectivity index (χ2v) is 5.55. The van der Waals surface area contributed by atoms with Gasteiger partial charge in [0.25, 0.3) is 0 Å². The van der Waals surface area contributed by atoms with E-state index in [0.29, 0.717) is 11.3 Å². The minimum absolute atomic E-state index is 0.286. The lowest BCUT2D eigenvalue weighted by molar-refractivity contribution is -0.109. The SMILES string of the molecule is COCC12CC1CC(CC=O)C2(C)C. The lowest BCUT2D eigenvalue weighted by Gasteiger charge is -2.36. The summed E-state index contributed by atoms with van der Waals surface area (Å²) in [6.07, 6.45) is 4.35. The van der Waals surface area contributed by atoms with E-state index in [0.717, 1.165) is 25.2 Å². The zero-order valence-corrected chi connectivity index (χ0v) is 9.38. The summed E-state index contributed by atoms with van der Waals surface area (Å²) in [6, 6.07) is 0. The van der Waals surface area contributed by atoms with Crippen LogP contribution < -0.4 is 0 Å². The van der Waals surface area contributed by atoms with Crippen LogP contribution in [-0.4, -0.2) is 20.0 Å². The summed E-state index contributed by atoms with van der Waals surface area (Å²) in [5, 5.41) is 0. The normalized spacial score (nSPS) is 43.4. The third-order valence-electron chi connectivity index (χ3n) is 4.89. The average Bonchev–Trinajstić information content (AvgIpc) is 2.75. The molecule has 2 heteroatoms. The summed E-state index contributed by atoms with van der Waals surface area (Å²) in [6.45, 7) is 5.50. The highest BCUT2D eigenvalue weighted by Gasteiger charge is 2.69. The molecule has 2 aliphatic carbocycles. The quantitative estimate of drug-likeness (QED) is 0.645. The topological polar surface area (TPSA) is 26.3 Å². The fourth-order valence-corrected chi connectivity index (χ4v) is 3.65. The molecule has 0 radical (unpaired) electrons. The van der Waals surface area contributed by atoms with Crippen LogP contribution in [-0.2, 0) is 9.53 Å². The van der Waals surface area contributed by atoms with Gasteiger partial charge in [0.2, 0.25) is 0 Å². The van der Waals surface area contributed by atoms with Gasteiger partial charge in [-0.3, -0.25) is 0 Å². The summed E-state index contributed by atoms with van der Waals surface area (Å²) in [5.74, 6) is 1.40. The Balaban J connectivity index is 2.14. The molecule has 2 rings (SSSR count). The molecular weight excluding hydrogens is 176 g/mol. The van der Waals surface area contributed by atoms with E-state index in [-0.39, 0.29) is 5.41 Å². The van der Waals surface area contributed by atoms with Crippen molar-refractivity contribution in [1.29, 1.82) is 0 Å². The molecule has 80 valence electrons. The second-order valence-electron chi connectivity index (χ2n) is 5.55. The number of hydrogen-bond donors (Lipinski definition) is 0. The van der Waals surface area contributed by atoms with Gasteiger partial charge >= 0.3 is 0 Å². The Hall–Kier alpha value is -0.370. The van der Waals surface area contributed by atoms with Crippen LogP contribution in [0.1, 0.15) is 33.1 Å². The smallest absolute Gasteiger partial charge is 0.120 e. The van der Waals surface area contributed by atoms with Crippen molar-refractivity contribution in [3.63, 3.8) is 0 Å². The number of carbonyl (C=O) groups is 1. The fourth-order valence-electron chi connectivity index (χ4n) is 3.65. The monoisotopic (exact) mass is 196 g/mol. The lowest BCUT2D eigenvalue weighted by Crippen LogP contribution is -2.33. The van der Waals surface area contributed by atoms with Crippen molar-refractivity contribution in [2.45, 2.75) is 33.1 Å². The molecule has 0 N–H and O–H groups in total. The van der Waals surface area contributed by atoms with Gasteiger partial charge in [-0.05, 0) is 30.1 Å². The third kappa shape index (κ3) is 1.10. The minimum atomic E-state index is 0.286. The standard InChI is InChI=1S/C12H20O2/c1-11(2)9(4-5-13)6-10-7-12(10,11)8-14-3/h5,9-10H,4,6-8H2,1-3H3. The van der Waals surface area contributed by atoms with Crippen molar-refractivity contribution in [2.75, 3.05) is 13.7 Å². The van der Waals surface area contributed by atoms with E-state index in [1.807, 2.05) is 0 Å². The Kier molecular flexibility index (Phi) is 2.22. The first kappa shape index (κ1) is 10.2. The van der Waals surface area contributed by atoms with E-state index in [1.165, 1.54) is 12.8 Å². The van der Waals surface area contributed by atoms with E-state index >= 15 is 0 Å². The molecule has 0 spiro atoms. The molecule has 2 fully saturated rings. The molecular formula is C12H20O2. The summed E-state index contributed by atoms with van der Waals surface area (Å²) >= 11 is 0. The van der Waals surface area contributed by atoms with Gasteiger partial charge in [0.1, 0.15) is 6.29 Å². The Morgan fingerprint density at radius 1 is 1.50 bits per heavy atom. The molecule has 0 aromatic rings. The van der Waals surface area contributed by atoms with E-state index in [2.05, 4.69) is 13.8 Å². The van der Waals surface area contributed by atoms with Crippen molar-refractivity contribution in [1.82, 2.24) is 0 Å². The second kappa shape index (κ2) is 3.06. The number of hydrogen-bond acceptors (Lipinski definition) is 2. The maximum Gasteiger partial charge on any atom is 0.120 e. The summed E-state index contributed by atoms with van der Waals surface area (Å²) in [4.78, 5) is 10.6. The Labute approximate surface area is 86.0 Å². The number of aldehydes is 1. The van der Waals surface area contributed by atoms with Crippen molar-refractivity contribution < 1.29 is 9.53 Å². The molecule has 0 aliphatic heterocycles. The predicted molar refractivity (Wildman–Crippen MR) is 55.0 cm³/mol. The molecule has 2 aliphatic rings. The number of fused-ring (bicyclic) bond motifs is 1. The molecule has 0 aromatic carbocycles. The number of carbonyl (C=O) groups excluding carboxylic acids is 1. The molecule has 0 saturated heterocycles. The van der Waals surface area contributed by atoms with Gasteiger partial charge in [-0.1, -0.05) is 13.8 Å². The number of rotatable bonds is 4. The van der Waals surface area contributed by atoms with E-state index in [4.69, 9.17) is 4.74 Å². The highest BCUT2D eigenvalue weighted by molar-refractivity contribution is 5.50. The Morgan fingerprint density at radius 3 is 2.79 bits per heavy atom. The largest absolute Gasteiger partial charge is 0.384 e. The highest BCUT2D eigenvalue weighted by atomic mass is 16.5. The first-order valence-electron chi connectivity index (χ1n) is 5.51. The van der Waals surface area contributed by atoms with Crippen LogP contribution >= 0.6 is 0 Å². The number of ether oxygens (including phenoxy) is 1. The van der Waals surface area contributed by atoms with Gasteiger partial charge in [0.15, 0.2) is 0 Å². The predicted octanol–water partition coefficient (Wildman–Crippen LogP) is 2.27. The molecule has 0 heterocycles. The van der Waals surface area contributed by atoms with Gasteiger partial charge in [-0.2, -0.15) is 0 Å². The first-order valence-corrected chi connectivity index (χ1v) is 5.51. The molecule has 3 atom stereocenters. The van der Waals surface area contributed by atoms with E-state index < -0.39 is 0 Å². The molecule has 2 saturated carbocycles. The third-order valence-corrected chi connectivity index (χ3v) is 4.89. The Bertz CT molecular complexity index is 247. The maximum absolute atomic E-state index is 10.6. The number of methoxy groups -OCH3 is 1. The van der Waals surface area contributed by atoms with Crippen LogP contribution in [0.2, 0.25) is 0 Å². The zero-order chi connectivity index (χ0) is 10.4. The minimum Gasteiger partial charge on any atom is -0.384 e. The average molecular weight is 196 g/mol. The van der Waals surface area contributed by atoms with E-state index in [1.54, 1.807) is 7.11 Å². The van der Waals surface area contributed by atoms with Gasteiger partial charge in [-0.15, -0.1) is 0 Å². The molecule has 0 aromatic heterocycles. The fraction of sp³-hybridized carbons (Fsp3) is 0.917. The summed E-state index contributed by atoms with van der Waals surface area (Å²) in [5.41, 5.74) is 0.685. The molecule has 3 unspecified atom stereocenters. The summed E-state index contributed by atoms with van der Waals surface area (Å²) in [7, 11) is 1.78. The van der Waals surface area contributed by atoms with Crippen LogP contribution in [0.25, 0.3) is 0 Å². The lowest BCUT2D eigenvalue weighted by atomic mass is 9.70. The van der Waals surface area contributed by atoms with Crippen molar-refractivity contribution in [2.24, 2.45) is 22.7 Å². The molecule has 0 bridgehead atoms. The maximum atomic E-state index is 10.6. The van der Waals surface area contributed by atoms with Crippen LogP contribution in [0.15, 0.2) is 0 Å². The Morgan fingerprint density at radius 2 is 2.21 bits per heavy atom. The van der Waals surface area contributed by atoms with Gasteiger partial charge in [-0.25, -0.2) is 0 Å². The molecule has 0 amide bonds. The van der Waals surface area contributed by atoms with Crippen molar-refractivity contribution >= 4 is 6.29 Å². The van der Waals surface area contributed by atoms with E-state index in [9.17, 15) is 4.79 Å². The van der Waals surface area contributed by atoms with Crippen molar-refractivity contribution in [3.05, 3.63) is 0 Å². The molecule has 2 nitrogen and oxygen atoms in total. The zero-order valence-electron chi connectivity index (χ0n) is 9.38. The van der Waals surface area contributed by atoms with Crippen LogP contribution in [0, 0.1) is 22.7 Å². The molecule has 14 heavy (non-hydrogen) atoms. The van der Waals surface area contributed by atoms with Crippen molar-refractivity contribution in [3.8, 4) is 0 Å². The van der Waals surface area contributed by atoms with Gasteiger partial charge in [0.05, 0.1) is 6.61 Å². The van der Waals surface area contributed by atoms with Crippen LogP contribution in [0.5, 0.6) is 0 Å².